The maximum atomic E-state index is 12.1. The van der Waals surface area contributed by atoms with Crippen molar-refractivity contribution in [2.75, 3.05) is 18.4 Å². The van der Waals surface area contributed by atoms with Crippen LogP contribution in [0, 0.1) is 12.8 Å². The van der Waals surface area contributed by atoms with Crippen molar-refractivity contribution in [3.05, 3.63) is 28.2 Å². The van der Waals surface area contributed by atoms with E-state index in [0.29, 0.717) is 13.1 Å². The normalized spacial score (nSPS) is 18.1. The highest BCUT2D eigenvalue weighted by molar-refractivity contribution is 9.10. The van der Waals surface area contributed by atoms with E-state index in [0.717, 1.165) is 22.1 Å². The summed E-state index contributed by atoms with van der Waals surface area (Å²) in [4.78, 5) is 24.4. The van der Waals surface area contributed by atoms with Gasteiger partial charge in [0.15, 0.2) is 0 Å². The SMILES string of the molecule is Cc1cc(NC(=O)N2CCC(CC(=O)O)C2)ccc1Br. The van der Waals surface area contributed by atoms with E-state index in [-0.39, 0.29) is 18.4 Å². The summed E-state index contributed by atoms with van der Waals surface area (Å²) in [5, 5.41) is 11.6. The predicted octanol–water partition coefficient (Wildman–Crippen LogP) is 3.09. The zero-order chi connectivity index (χ0) is 14.7. The summed E-state index contributed by atoms with van der Waals surface area (Å²) >= 11 is 3.41. The van der Waals surface area contributed by atoms with Crippen molar-refractivity contribution in [1.82, 2.24) is 4.90 Å². The third-order valence-corrected chi connectivity index (χ3v) is 4.34. The van der Waals surface area contributed by atoms with Crippen LogP contribution in [0.2, 0.25) is 0 Å². The van der Waals surface area contributed by atoms with Crippen molar-refractivity contribution in [3.8, 4) is 0 Å². The summed E-state index contributed by atoms with van der Waals surface area (Å²) in [6.07, 6.45) is 0.875. The number of carboxylic acids is 1. The van der Waals surface area contributed by atoms with Gasteiger partial charge in [0.2, 0.25) is 0 Å². The Bertz CT molecular complexity index is 533. The minimum Gasteiger partial charge on any atom is -0.481 e. The highest BCUT2D eigenvalue weighted by atomic mass is 79.9. The Kier molecular flexibility index (Phi) is 4.65. The van der Waals surface area contributed by atoms with Crippen LogP contribution in [0.1, 0.15) is 18.4 Å². The molecule has 2 rings (SSSR count). The number of amides is 2. The van der Waals surface area contributed by atoms with E-state index in [1.165, 1.54) is 0 Å². The number of anilines is 1. The number of carbonyl (C=O) groups is 2. The van der Waals surface area contributed by atoms with E-state index in [1.807, 2.05) is 25.1 Å². The Balaban J connectivity index is 1.92. The summed E-state index contributed by atoms with van der Waals surface area (Å²) in [6, 6.07) is 5.45. The molecule has 0 bridgehead atoms. The molecule has 108 valence electrons. The molecule has 5 nitrogen and oxygen atoms in total. The van der Waals surface area contributed by atoms with E-state index >= 15 is 0 Å². The molecule has 1 saturated heterocycles. The average Bonchev–Trinajstić information content (AvgIpc) is 2.81. The minimum absolute atomic E-state index is 0.0601. The molecule has 0 radical (unpaired) electrons. The molecule has 2 N–H and O–H groups in total. The average molecular weight is 341 g/mol. The molecule has 0 saturated carbocycles. The quantitative estimate of drug-likeness (QED) is 0.888. The molecule has 1 aromatic carbocycles. The van der Waals surface area contributed by atoms with Gasteiger partial charge < -0.3 is 15.3 Å². The largest absolute Gasteiger partial charge is 0.481 e. The molecule has 1 heterocycles. The number of hydrogen-bond acceptors (Lipinski definition) is 2. The number of rotatable bonds is 3. The molecule has 0 aliphatic carbocycles. The molecule has 0 spiro atoms. The standard InChI is InChI=1S/C14H17BrN2O3/c1-9-6-11(2-3-12(9)15)16-14(20)17-5-4-10(8-17)7-13(18)19/h2-3,6,10H,4-5,7-8H2,1H3,(H,16,20)(H,18,19). The van der Waals surface area contributed by atoms with Gasteiger partial charge in [-0.15, -0.1) is 0 Å². The van der Waals surface area contributed by atoms with Crippen molar-refractivity contribution >= 4 is 33.6 Å². The number of carboxylic acid groups (broad SMARTS) is 1. The van der Waals surface area contributed by atoms with Crippen LogP contribution in [0.3, 0.4) is 0 Å². The second kappa shape index (κ2) is 6.26. The van der Waals surface area contributed by atoms with Crippen molar-refractivity contribution in [1.29, 1.82) is 0 Å². The molecular formula is C14H17BrN2O3. The van der Waals surface area contributed by atoms with Crippen LogP contribution >= 0.6 is 15.9 Å². The second-order valence-corrected chi connectivity index (χ2v) is 5.95. The molecule has 1 aliphatic heterocycles. The number of nitrogens with zero attached hydrogens (tertiary/aromatic N) is 1. The summed E-state index contributed by atoms with van der Waals surface area (Å²) in [7, 11) is 0. The van der Waals surface area contributed by atoms with Crippen LogP contribution in [-0.4, -0.2) is 35.1 Å². The molecular weight excluding hydrogens is 324 g/mol. The van der Waals surface area contributed by atoms with E-state index in [1.54, 1.807) is 4.90 Å². The highest BCUT2D eigenvalue weighted by Crippen LogP contribution is 2.23. The van der Waals surface area contributed by atoms with Gasteiger partial charge in [0, 0.05) is 29.7 Å². The molecule has 6 heteroatoms. The number of aryl methyl sites for hydroxylation is 1. The third-order valence-electron chi connectivity index (χ3n) is 3.45. The van der Waals surface area contributed by atoms with Crippen LogP contribution in [-0.2, 0) is 4.79 Å². The number of aliphatic carboxylic acids is 1. The molecule has 1 atom stereocenters. The van der Waals surface area contributed by atoms with Gasteiger partial charge in [-0.25, -0.2) is 4.79 Å². The first-order valence-corrected chi connectivity index (χ1v) is 7.29. The Morgan fingerprint density at radius 2 is 2.25 bits per heavy atom. The Labute approximate surface area is 126 Å². The number of halogens is 1. The molecule has 1 aliphatic rings. The van der Waals surface area contributed by atoms with Gasteiger partial charge in [-0.2, -0.15) is 0 Å². The van der Waals surface area contributed by atoms with E-state index in [2.05, 4.69) is 21.2 Å². The second-order valence-electron chi connectivity index (χ2n) is 5.09. The van der Waals surface area contributed by atoms with Gasteiger partial charge in [0.25, 0.3) is 0 Å². The molecule has 1 aromatic rings. The fourth-order valence-corrected chi connectivity index (χ4v) is 2.60. The zero-order valence-corrected chi connectivity index (χ0v) is 12.8. The number of likely N-dealkylation sites (tertiary alicyclic amines) is 1. The fraction of sp³-hybridized carbons (Fsp3) is 0.429. The topological polar surface area (TPSA) is 69.6 Å². The molecule has 20 heavy (non-hydrogen) atoms. The smallest absolute Gasteiger partial charge is 0.321 e. The maximum absolute atomic E-state index is 12.1. The predicted molar refractivity (Wildman–Crippen MR) is 79.8 cm³/mol. The highest BCUT2D eigenvalue weighted by Gasteiger charge is 2.27. The van der Waals surface area contributed by atoms with Gasteiger partial charge in [-0.1, -0.05) is 15.9 Å². The van der Waals surface area contributed by atoms with Crippen LogP contribution in [0.4, 0.5) is 10.5 Å². The number of benzene rings is 1. The first kappa shape index (κ1) is 14.8. The van der Waals surface area contributed by atoms with Crippen molar-refractivity contribution < 1.29 is 14.7 Å². The van der Waals surface area contributed by atoms with Crippen LogP contribution in [0.15, 0.2) is 22.7 Å². The number of nitrogens with one attached hydrogen (secondary N) is 1. The summed E-state index contributed by atoms with van der Waals surface area (Å²) in [5.41, 5.74) is 1.80. The van der Waals surface area contributed by atoms with Gasteiger partial charge in [-0.3, -0.25) is 4.79 Å². The molecule has 0 aromatic heterocycles. The number of carbonyl (C=O) groups excluding carboxylic acids is 1. The number of urea groups is 1. The molecule has 1 fully saturated rings. The first-order valence-electron chi connectivity index (χ1n) is 6.49. The van der Waals surface area contributed by atoms with Crippen molar-refractivity contribution in [2.24, 2.45) is 5.92 Å². The summed E-state index contributed by atoms with van der Waals surface area (Å²) < 4.78 is 0.998. The fourth-order valence-electron chi connectivity index (χ4n) is 2.36. The Morgan fingerprint density at radius 1 is 1.50 bits per heavy atom. The third kappa shape index (κ3) is 3.72. The van der Waals surface area contributed by atoms with Gasteiger partial charge in [-0.05, 0) is 43.0 Å². The zero-order valence-electron chi connectivity index (χ0n) is 11.2. The van der Waals surface area contributed by atoms with Gasteiger partial charge in [0.1, 0.15) is 0 Å². The van der Waals surface area contributed by atoms with Crippen LogP contribution < -0.4 is 5.32 Å². The number of hydrogen-bond donors (Lipinski definition) is 2. The van der Waals surface area contributed by atoms with E-state index in [4.69, 9.17) is 5.11 Å². The van der Waals surface area contributed by atoms with Crippen LogP contribution in [0.25, 0.3) is 0 Å². The first-order chi connectivity index (χ1) is 9.45. The lowest BCUT2D eigenvalue weighted by Crippen LogP contribution is -2.33. The summed E-state index contributed by atoms with van der Waals surface area (Å²) in [5.74, 6) is -0.745. The van der Waals surface area contributed by atoms with Crippen molar-refractivity contribution in [3.63, 3.8) is 0 Å². The van der Waals surface area contributed by atoms with Gasteiger partial charge in [0.05, 0.1) is 0 Å². The lowest BCUT2D eigenvalue weighted by atomic mass is 10.1. The van der Waals surface area contributed by atoms with Gasteiger partial charge >= 0.3 is 12.0 Å². The van der Waals surface area contributed by atoms with E-state index in [9.17, 15) is 9.59 Å². The van der Waals surface area contributed by atoms with E-state index < -0.39 is 5.97 Å². The Hall–Kier alpha value is -1.56. The monoisotopic (exact) mass is 340 g/mol. The molecule has 1 unspecified atom stereocenters. The molecule has 2 amide bonds. The maximum Gasteiger partial charge on any atom is 0.321 e. The van der Waals surface area contributed by atoms with Crippen molar-refractivity contribution in [2.45, 2.75) is 19.8 Å². The lowest BCUT2D eigenvalue weighted by molar-refractivity contribution is -0.138. The summed E-state index contributed by atoms with van der Waals surface area (Å²) in [6.45, 7) is 3.07. The minimum atomic E-state index is -0.805. The lowest BCUT2D eigenvalue weighted by Gasteiger charge is -2.17. The van der Waals surface area contributed by atoms with Crippen LogP contribution in [0.5, 0.6) is 0 Å². The Morgan fingerprint density at radius 3 is 2.90 bits per heavy atom.